The highest BCUT2D eigenvalue weighted by Crippen LogP contribution is 2.19. The number of carbonyl (C=O) groups excluding carboxylic acids is 1. The van der Waals surface area contributed by atoms with Gasteiger partial charge >= 0.3 is 0 Å². The van der Waals surface area contributed by atoms with Crippen LogP contribution in [0.15, 0.2) is 30.3 Å². The molecule has 2 aliphatic heterocycles. The topological polar surface area (TPSA) is 55.8 Å². The van der Waals surface area contributed by atoms with Gasteiger partial charge < -0.3 is 9.80 Å². The molecule has 1 amide bonds. The Morgan fingerprint density at radius 1 is 0.970 bits per heavy atom. The zero-order chi connectivity index (χ0) is 23.4. The second-order valence-electron chi connectivity index (χ2n) is 9.39. The Balaban J connectivity index is 1.23. The van der Waals surface area contributed by atoms with E-state index >= 15 is 0 Å². The Bertz CT molecular complexity index is 952. The summed E-state index contributed by atoms with van der Waals surface area (Å²) in [5.41, 5.74) is 1.71. The molecule has 2 aromatic rings. The van der Waals surface area contributed by atoms with Gasteiger partial charge in [0.2, 0.25) is 5.91 Å². The number of aromatic nitrogens is 2. The molecule has 2 saturated heterocycles. The molecule has 0 unspecified atom stereocenters. The van der Waals surface area contributed by atoms with Crippen molar-refractivity contribution in [1.82, 2.24) is 24.7 Å². The number of rotatable bonds is 6. The first-order valence-corrected chi connectivity index (χ1v) is 12.0. The van der Waals surface area contributed by atoms with Gasteiger partial charge in [0.25, 0.3) is 0 Å². The van der Waals surface area contributed by atoms with Crippen molar-refractivity contribution >= 4 is 11.7 Å². The summed E-state index contributed by atoms with van der Waals surface area (Å²) in [6.07, 6.45) is 0. The number of anilines is 1. The van der Waals surface area contributed by atoms with Gasteiger partial charge in [-0.2, -0.15) is 0 Å². The summed E-state index contributed by atoms with van der Waals surface area (Å²) in [4.78, 5) is 30.9. The molecule has 0 bridgehead atoms. The molecule has 0 radical (unpaired) electrons. The average molecular weight is 455 g/mol. The van der Waals surface area contributed by atoms with E-state index in [9.17, 15) is 9.18 Å². The minimum Gasteiger partial charge on any atom is -0.354 e. The van der Waals surface area contributed by atoms with Gasteiger partial charge in [0.1, 0.15) is 17.5 Å². The number of hydrogen-bond acceptors (Lipinski definition) is 6. The normalized spacial score (nSPS) is 18.2. The number of piperazine rings is 2. The van der Waals surface area contributed by atoms with Gasteiger partial charge in [-0.3, -0.25) is 14.6 Å². The minimum absolute atomic E-state index is 0.160. The third-order valence-electron chi connectivity index (χ3n) is 6.51. The number of aryl methyl sites for hydroxylation is 1. The fourth-order valence-electron chi connectivity index (χ4n) is 4.44. The Hall–Kier alpha value is -2.58. The van der Waals surface area contributed by atoms with E-state index in [0.717, 1.165) is 62.2 Å². The molecule has 2 fully saturated rings. The largest absolute Gasteiger partial charge is 0.354 e. The van der Waals surface area contributed by atoms with Crippen molar-refractivity contribution in [2.24, 2.45) is 0 Å². The maximum Gasteiger partial charge on any atom is 0.236 e. The van der Waals surface area contributed by atoms with Crippen molar-refractivity contribution in [1.29, 1.82) is 0 Å². The number of carbonyl (C=O) groups is 1. The quantitative estimate of drug-likeness (QED) is 0.669. The van der Waals surface area contributed by atoms with Crippen LogP contribution in [0, 0.1) is 12.7 Å². The van der Waals surface area contributed by atoms with Crippen molar-refractivity contribution in [2.75, 3.05) is 63.8 Å². The van der Waals surface area contributed by atoms with Crippen molar-refractivity contribution < 1.29 is 9.18 Å². The number of halogens is 1. The lowest BCUT2D eigenvalue weighted by molar-refractivity contribution is -0.134. The summed E-state index contributed by atoms with van der Waals surface area (Å²) in [5, 5.41) is 0. The van der Waals surface area contributed by atoms with Gasteiger partial charge in [0.15, 0.2) is 0 Å². The molecule has 0 N–H and O–H groups in total. The highest BCUT2D eigenvalue weighted by atomic mass is 19.1. The number of benzene rings is 1. The van der Waals surface area contributed by atoms with Crippen LogP contribution in [0.2, 0.25) is 0 Å². The van der Waals surface area contributed by atoms with Crippen LogP contribution in [0.25, 0.3) is 0 Å². The Labute approximate surface area is 196 Å². The van der Waals surface area contributed by atoms with Gasteiger partial charge in [-0.25, -0.2) is 14.4 Å². The zero-order valence-electron chi connectivity index (χ0n) is 20.0. The SMILES string of the molecule is Cc1cc(N2CCN(CC(=O)N3CCN(Cc4ccccc4F)CC3)CC2)nc(C(C)C)n1. The summed E-state index contributed by atoms with van der Waals surface area (Å²) < 4.78 is 13.9. The van der Waals surface area contributed by atoms with E-state index in [1.165, 1.54) is 6.07 Å². The van der Waals surface area contributed by atoms with Gasteiger partial charge in [0.05, 0.1) is 6.54 Å². The van der Waals surface area contributed by atoms with Crippen LogP contribution in [0.3, 0.4) is 0 Å². The van der Waals surface area contributed by atoms with Crippen LogP contribution < -0.4 is 4.90 Å². The fraction of sp³-hybridized carbons (Fsp3) is 0.560. The molecule has 1 aromatic carbocycles. The molecule has 0 spiro atoms. The molecule has 4 rings (SSSR count). The first kappa shape index (κ1) is 23.6. The third kappa shape index (κ3) is 6.06. The van der Waals surface area contributed by atoms with Crippen LogP contribution in [-0.2, 0) is 11.3 Å². The molecule has 0 atom stereocenters. The van der Waals surface area contributed by atoms with E-state index in [0.29, 0.717) is 32.1 Å². The maximum absolute atomic E-state index is 13.9. The van der Waals surface area contributed by atoms with Crippen LogP contribution in [0.5, 0.6) is 0 Å². The Kier molecular flexibility index (Phi) is 7.55. The third-order valence-corrected chi connectivity index (χ3v) is 6.51. The van der Waals surface area contributed by atoms with Crippen LogP contribution in [-0.4, -0.2) is 89.5 Å². The molecule has 7 nitrogen and oxygen atoms in total. The number of hydrogen-bond donors (Lipinski definition) is 0. The lowest BCUT2D eigenvalue weighted by Gasteiger charge is -2.38. The van der Waals surface area contributed by atoms with E-state index in [-0.39, 0.29) is 11.7 Å². The average Bonchev–Trinajstić information content (AvgIpc) is 2.81. The standard InChI is InChI=1S/C25H35FN6O/c1-19(2)25-27-20(3)16-23(28-25)31-12-8-30(9-13-31)18-24(33)32-14-10-29(11-15-32)17-21-6-4-5-7-22(21)26/h4-7,16,19H,8-15,17-18H2,1-3H3. The second kappa shape index (κ2) is 10.6. The highest BCUT2D eigenvalue weighted by Gasteiger charge is 2.25. The molecule has 3 heterocycles. The van der Waals surface area contributed by atoms with Gasteiger partial charge in [-0.1, -0.05) is 32.0 Å². The summed E-state index contributed by atoms with van der Waals surface area (Å²) in [5.74, 6) is 2.20. The number of amides is 1. The van der Waals surface area contributed by atoms with Gasteiger partial charge in [0, 0.05) is 82.1 Å². The molecule has 0 aliphatic carbocycles. The zero-order valence-corrected chi connectivity index (χ0v) is 20.0. The van der Waals surface area contributed by atoms with Crippen LogP contribution >= 0.6 is 0 Å². The minimum atomic E-state index is -0.160. The molecule has 0 saturated carbocycles. The monoisotopic (exact) mass is 454 g/mol. The van der Waals surface area contributed by atoms with Crippen molar-refractivity contribution in [2.45, 2.75) is 33.2 Å². The van der Waals surface area contributed by atoms with Crippen LogP contribution in [0.4, 0.5) is 10.2 Å². The lowest BCUT2D eigenvalue weighted by Crippen LogP contribution is -2.53. The molecular weight excluding hydrogens is 419 g/mol. The smallest absolute Gasteiger partial charge is 0.236 e. The molecule has 33 heavy (non-hydrogen) atoms. The molecular formula is C25H35FN6O. The van der Waals surface area contributed by atoms with E-state index in [2.05, 4.69) is 33.5 Å². The van der Waals surface area contributed by atoms with E-state index < -0.39 is 0 Å². The fourth-order valence-corrected chi connectivity index (χ4v) is 4.44. The van der Waals surface area contributed by atoms with Crippen molar-refractivity contribution in [3.05, 3.63) is 53.2 Å². The second-order valence-corrected chi connectivity index (χ2v) is 9.39. The molecule has 1 aromatic heterocycles. The predicted octanol–water partition coefficient (Wildman–Crippen LogP) is 2.51. The summed E-state index contributed by atoms with van der Waals surface area (Å²) >= 11 is 0. The number of nitrogens with zero attached hydrogens (tertiary/aromatic N) is 6. The molecule has 8 heteroatoms. The van der Waals surface area contributed by atoms with Crippen LogP contribution in [0.1, 0.15) is 36.8 Å². The van der Waals surface area contributed by atoms with Gasteiger partial charge in [-0.15, -0.1) is 0 Å². The first-order chi connectivity index (χ1) is 15.9. The molecule has 2 aliphatic rings. The highest BCUT2D eigenvalue weighted by molar-refractivity contribution is 5.78. The van der Waals surface area contributed by atoms with E-state index in [1.807, 2.05) is 30.0 Å². The van der Waals surface area contributed by atoms with Gasteiger partial charge in [-0.05, 0) is 13.0 Å². The summed E-state index contributed by atoms with van der Waals surface area (Å²) in [6, 6.07) is 8.97. The lowest BCUT2D eigenvalue weighted by atomic mass is 10.2. The van der Waals surface area contributed by atoms with E-state index in [1.54, 1.807) is 6.07 Å². The predicted molar refractivity (Wildman–Crippen MR) is 128 cm³/mol. The van der Waals surface area contributed by atoms with Crippen molar-refractivity contribution in [3.63, 3.8) is 0 Å². The summed E-state index contributed by atoms with van der Waals surface area (Å²) in [6.45, 7) is 13.7. The Morgan fingerprint density at radius 2 is 1.64 bits per heavy atom. The first-order valence-electron chi connectivity index (χ1n) is 12.0. The summed E-state index contributed by atoms with van der Waals surface area (Å²) in [7, 11) is 0. The molecule has 178 valence electrons. The van der Waals surface area contributed by atoms with E-state index in [4.69, 9.17) is 4.98 Å². The Morgan fingerprint density at radius 3 is 2.30 bits per heavy atom. The van der Waals surface area contributed by atoms with Crippen molar-refractivity contribution in [3.8, 4) is 0 Å². The maximum atomic E-state index is 13.9.